The number of carboxylic acids is 1. The zero-order valence-corrected chi connectivity index (χ0v) is 16.1. The molecule has 150 valence electrons. The van der Waals surface area contributed by atoms with Crippen LogP contribution >= 0.6 is 0 Å². The number of carbonyl (C=O) groups is 2. The summed E-state index contributed by atoms with van der Waals surface area (Å²) >= 11 is 0. The zero-order chi connectivity index (χ0) is 20.7. The number of hydrogen-bond donors (Lipinski definition) is 3. The largest absolute Gasteiger partial charge is 0.504 e. The van der Waals surface area contributed by atoms with Crippen LogP contribution in [0.25, 0.3) is 0 Å². The normalized spacial score (nSPS) is 12.1. The lowest BCUT2D eigenvalue weighted by molar-refractivity contribution is -0.139. The Bertz CT molecular complexity index is 813. The molecule has 1 amide bonds. The maximum atomic E-state index is 11.8. The van der Waals surface area contributed by atoms with E-state index in [0.717, 1.165) is 5.56 Å². The molecule has 28 heavy (non-hydrogen) atoms. The van der Waals surface area contributed by atoms with E-state index in [1.807, 2.05) is 30.3 Å². The third kappa shape index (κ3) is 6.83. The number of aliphatic carboxylic acids is 1. The van der Waals surface area contributed by atoms with Crippen molar-refractivity contribution in [2.45, 2.75) is 45.4 Å². The SMILES string of the molecule is CC(C)(C)OC(=O)NC(Cc1ccc(OCc2ccccc2)c(O)c1)C(=O)O. The number of alkyl carbamates (subject to hydrolysis) is 1. The molecule has 0 radical (unpaired) electrons. The quantitative estimate of drug-likeness (QED) is 0.672. The van der Waals surface area contributed by atoms with Crippen molar-refractivity contribution in [1.82, 2.24) is 5.32 Å². The van der Waals surface area contributed by atoms with E-state index in [2.05, 4.69) is 5.32 Å². The molecule has 0 heterocycles. The molecule has 0 aliphatic heterocycles. The number of carbonyl (C=O) groups excluding carboxylic acids is 1. The summed E-state index contributed by atoms with van der Waals surface area (Å²) in [6.45, 7) is 5.36. The summed E-state index contributed by atoms with van der Waals surface area (Å²) in [7, 11) is 0. The van der Waals surface area contributed by atoms with Gasteiger partial charge in [0.1, 0.15) is 18.2 Å². The minimum atomic E-state index is -1.20. The molecule has 3 N–H and O–H groups in total. The van der Waals surface area contributed by atoms with E-state index >= 15 is 0 Å². The van der Waals surface area contributed by atoms with Crippen LogP contribution in [0.1, 0.15) is 31.9 Å². The van der Waals surface area contributed by atoms with Crippen LogP contribution in [0, 0.1) is 0 Å². The van der Waals surface area contributed by atoms with Gasteiger partial charge in [0.2, 0.25) is 0 Å². The first kappa shape index (κ1) is 21.1. The summed E-state index contributed by atoms with van der Waals surface area (Å²) in [4.78, 5) is 23.3. The Labute approximate surface area is 163 Å². The van der Waals surface area contributed by atoms with E-state index in [1.54, 1.807) is 32.9 Å². The molecule has 0 aliphatic rings. The van der Waals surface area contributed by atoms with E-state index in [1.165, 1.54) is 6.07 Å². The van der Waals surface area contributed by atoms with Gasteiger partial charge in [-0.1, -0.05) is 36.4 Å². The fourth-order valence-electron chi connectivity index (χ4n) is 2.43. The van der Waals surface area contributed by atoms with Crippen LogP contribution in [0.5, 0.6) is 11.5 Å². The minimum absolute atomic E-state index is 0.0128. The van der Waals surface area contributed by atoms with Gasteiger partial charge in [0.25, 0.3) is 0 Å². The minimum Gasteiger partial charge on any atom is -0.504 e. The molecule has 0 fully saturated rings. The third-order valence-electron chi connectivity index (χ3n) is 3.69. The summed E-state index contributed by atoms with van der Waals surface area (Å²) in [6, 6.07) is 13.0. The average molecular weight is 387 g/mol. The van der Waals surface area contributed by atoms with Gasteiger partial charge in [0, 0.05) is 6.42 Å². The van der Waals surface area contributed by atoms with Crippen LogP contribution in [0.4, 0.5) is 4.79 Å². The highest BCUT2D eigenvalue weighted by molar-refractivity contribution is 5.80. The molecule has 1 atom stereocenters. The predicted molar refractivity (Wildman–Crippen MR) is 103 cm³/mol. The highest BCUT2D eigenvalue weighted by Gasteiger charge is 2.24. The predicted octanol–water partition coefficient (Wildman–Crippen LogP) is 3.49. The van der Waals surface area contributed by atoms with Crippen LogP contribution < -0.4 is 10.1 Å². The van der Waals surface area contributed by atoms with Crippen LogP contribution in [0.2, 0.25) is 0 Å². The number of phenolic OH excluding ortho intramolecular Hbond substituents is 1. The van der Waals surface area contributed by atoms with Crippen molar-refractivity contribution in [2.75, 3.05) is 0 Å². The summed E-state index contributed by atoms with van der Waals surface area (Å²) in [6.07, 6.45) is -0.826. The van der Waals surface area contributed by atoms with Crippen LogP contribution in [-0.4, -0.2) is 33.9 Å². The number of benzene rings is 2. The second-order valence-corrected chi connectivity index (χ2v) is 7.32. The summed E-state index contributed by atoms with van der Waals surface area (Å²) in [5.41, 5.74) is 0.759. The van der Waals surface area contributed by atoms with Crippen molar-refractivity contribution in [2.24, 2.45) is 0 Å². The second kappa shape index (κ2) is 9.12. The summed E-state index contributed by atoms with van der Waals surface area (Å²) < 4.78 is 10.7. The molecule has 7 heteroatoms. The molecule has 0 saturated heterocycles. The number of carboxylic acid groups (broad SMARTS) is 1. The van der Waals surface area contributed by atoms with Crippen molar-refractivity contribution in [3.63, 3.8) is 0 Å². The Hall–Kier alpha value is -3.22. The first-order valence-electron chi connectivity index (χ1n) is 8.85. The number of aromatic hydroxyl groups is 1. The third-order valence-corrected chi connectivity index (χ3v) is 3.69. The van der Waals surface area contributed by atoms with Gasteiger partial charge in [0.15, 0.2) is 11.5 Å². The van der Waals surface area contributed by atoms with Crippen molar-refractivity contribution in [3.8, 4) is 11.5 Å². The van der Waals surface area contributed by atoms with Gasteiger partial charge in [-0.15, -0.1) is 0 Å². The van der Waals surface area contributed by atoms with Crippen LogP contribution in [0.3, 0.4) is 0 Å². The second-order valence-electron chi connectivity index (χ2n) is 7.32. The van der Waals surface area contributed by atoms with Gasteiger partial charge in [-0.2, -0.15) is 0 Å². The molecule has 0 saturated carbocycles. The molecule has 0 aliphatic carbocycles. The molecule has 1 unspecified atom stereocenters. The summed E-state index contributed by atoms with van der Waals surface area (Å²) in [5.74, 6) is -1.01. The first-order chi connectivity index (χ1) is 13.1. The number of phenols is 1. The Morgan fingerprint density at radius 2 is 1.75 bits per heavy atom. The lowest BCUT2D eigenvalue weighted by atomic mass is 10.1. The zero-order valence-electron chi connectivity index (χ0n) is 16.1. The molecular formula is C21H25NO6. The standard InChI is InChI=1S/C21H25NO6/c1-21(2,3)28-20(26)22-16(19(24)25)11-15-9-10-18(17(23)12-15)27-13-14-7-5-4-6-8-14/h4-10,12,16,23H,11,13H2,1-3H3,(H,22,26)(H,24,25). The van der Waals surface area contributed by atoms with Gasteiger partial charge >= 0.3 is 12.1 Å². The van der Waals surface area contributed by atoms with Crippen molar-refractivity contribution >= 4 is 12.1 Å². The average Bonchev–Trinajstić information content (AvgIpc) is 2.59. The fraction of sp³-hybridized carbons (Fsp3) is 0.333. The number of nitrogens with one attached hydrogen (secondary N) is 1. The van der Waals surface area contributed by atoms with Gasteiger partial charge in [0.05, 0.1) is 0 Å². The van der Waals surface area contributed by atoms with E-state index < -0.39 is 23.7 Å². The number of amides is 1. The van der Waals surface area contributed by atoms with Gasteiger partial charge in [-0.25, -0.2) is 9.59 Å². The van der Waals surface area contributed by atoms with Crippen molar-refractivity contribution in [3.05, 3.63) is 59.7 Å². The Kier molecular flexibility index (Phi) is 6.87. The molecule has 2 aromatic rings. The lowest BCUT2D eigenvalue weighted by Crippen LogP contribution is -2.44. The van der Waals surface area contributed by atoms with E-state index in [-0.39, 0.29) is 12.2 Å². The smallest absolute Gasteiger partial charge is 0.408 e. The van der Waals surface area contributed by atoms with Gasteiger partial charge in [-0.05, 0) is 44.0 Å². The van der Waals surface area contributed by atoms with E-state index in [9.17, 15) is 19.8 Å². The maximum Gasteiger partial charge on any atom is 0.408 e. The molecule has 0 bridgehead atoms. The van der Waals surface area contributed by atoms with Crippen LogP contribution in [0.15, 0.2) is 48.5 Å². The number of rotatable bonds is 7. The van der Waals surface area contributed by atoms with E-state index in [4.69, 9.17) is 9.47 Å². The topological polar surface area (TPSA) is 105 Å². The van der Waals surface area contributed by atoms with Crippen LogP contribution in [-0.2, 0) is 22.6 Å². The monoisotopic (exact) mass is 387 g/mol. The molecule has 2 aromatic carbocycles. The molecule has 7 nitrogen and oxygen atoms in total. The number of ether oxygens (including phenoxy) is 2. The Morgan fingerprint density at radius 3 is 2.32 bits per heavy atom. The molecular weight excluding hydrogens is 362 g/mol. The lowest BCUT2D eigenvalue weighted by Gasteiger charge is -2.22. The van der Waals surface area contributed by atoms with Crippen molar-refractivity contribution in [1.29, 1.82) is 0 Å². The fourth-order valence-corrected chi connectivity index (χ4v) is 2.43. The van der Waals surface area contributed by atoms with Gasteiger partial charge < -0.3 is 25.0 Å². The molecule has 0 aromatic heterocycles. The highest BCUT2D eigenvalue weighted by atomic mass is 16.6. The van der Waals surface area contributed by atoms with Crippen molar-refractivity contribution < 1.29 is 29.3 Å². The highest BCUT2D eigenvalue weighted by Crippen LogP contribution is 2.28. The first-order valence-corrected chi connectivity index (χ1v) is 8.85. The molecule has 0 spiro atoms. The maximum absolute atomic E-state index is 11.8. The number of hydrogen-bond acceptors (Lipinski definition) is 5. The summed E-state index contributed by atoms with van der Waals surface area (Å²) in [5, 5.41) is 21.9. The Balaban J connectivity index is 2.00. The Morgan fingerprint density at radius 1 is 1.07 bits per heavy atom. The molecule has 2 rings (SSSR count). The van der Waals surface area contributed by atoms with Gasteiger partial charge in [-0.3, -0.25) is 0 Å². The van der Waals surface area contributed by atoms with E-state index in [0.29, 0.717) is 17.9 Å².